The van der Waals surface area contributed by atoms with E-state index in [1.54, 1.807) is 54.6 Å². The third-order valence-electron chi connectivity index (χ3n) is 6.39. The van der Waals surface area contributed by atoms with Crippen LogP contribution in [0.3, 0.4) is 0 Å². The monoisotopic (exact) mass is 562 g/mol. The van der Waals surface area contributed by atoms with Crippen molar-refractivity contribution in [2.75, 3.05) is 17.3 Å². The lowest BCUT2D eigenvalue weighted by Gasteiger charge is -2.22. The summed E-state index contributed by atoms with van der Waals surface area (Å²) in [6.45, 7) is 1.45. The van der Waals surface area contributed by atoms with Gasteiger partial charge in [0.25, 0.3) is 0 Å². The highest BCUT2D eigenvalue weighted by atomic mass is 16.5. The van der Waals surface area contributed by atoms with Gasteiger partial charge in [0.15, 0.2) is 0 Å². The molecule has 0 bridgehead atoms. The van der Waals surface area contributed by atoms with Crippen molar-refractivity contribution in [1.82, 2.24) is 0 Å². The number of carboxylic acid groups (broad SMARTS) is 1. The predicted molar refractivity (Wildman–Crippen MR) is 163 cm³/mol. The molecule has 0 aliphatic carbocycles. The van der Waals surface area contributed by atoms with Crippen molar-refractivity contribution in [3.05, 3.63) is 125 Å². The molecule has 0 atom stereocenters. The highest BCUT2D eigenvalue weighted by Crippen LogP contribution is 2.27. The standard InChI is InChI=1S/C34H30N2O6/c1-23(37)36(31-18-12-28(13-19-31)34(41)42-2)30-16-10-26(11-17-30)21-32(38)35-29-14-8-24(9-15-29)6-7-25-4-3-5-27(20-25)22-33(39)40/h3-20H,21-22H2,1-2H3,(H,35,38)(H,39,40). The maximum Gasteiger partial charge on any atom is 0.337 e. The van der Waals surface area contributed by atoms with E-state index in [1.165, 1.54) is 18.9 Å². The largest absolute Gasteiger partial charge is 0.481 e. The molecule has 42 heavy (non-hydrogen) atoms. The molecule has 0 spiro atoms. The molecule has 8 nitrogen and oxygen atoms in total. The number of carbonyl (C=O) groups is 4. The molecule has 0 radical (unpaired) electrons. The fourth-order valence-electron chi connectivity index (χ4n) is 4.38. The predicted octanol–water partition coefficient (Wildman–Crippen LogP) is 6.14. The van der Waals surface area contributed by atoms with Gasteiger partial charge in [0, 0.05) is 24.0 Å². The Kier molecular flexibility index (Phi) is 9.63. The molecule has 0 saturated carbocycles. The zero-order valence-corrected chi connectivity index (χ0v) is 23.2. The molecule has 0 fully saturated rings. The number of hydrogen-bond acceptors (Lipinski definition) is 5. The van der Waals surface area contributed by atoms with Gasteiger partial charge in [0.2, 0.25) is 11.8 Å². The minimum atomic E-state index is -0.869. The number of carboxylic acids is 1. The average Bonchev–Trinajstić information content (AvgIpc) is 2.97. The maximum absolute atomic E-state index is 12.7. The smallest absolute Gasteiger partial charge is 0.337 e. The molecule has 4 rings (SSSR count). The molecule has 2 N–H and O–H groups in total. The first-order valence-corrected chi connectivity index (χ1v) is 13.2. The summed E-state index contributed by atoms with van der Waals surface area (Å²) in [7, 11) is 1.31. The van der Waals surface area contributed by atoms with Gasteiger partial charge >= 0.3 is 11.9 Å². The van der Waals surface area contributed by atoms with Gasteiger partial charge < -0.3 is 15.2 Å². The number of ether oxygens (including phenoxy) is 1. The number of esters is 1. The van der Waals surface area contributed by atoms with E-state index in [2.05, 4.69) is 5.32 Å². The second kappa shape index (κ2) is 13.7. The fraction of sp³-hybridized carbons (Fsp3) is 0.118. The van der Waals surface area contributed by atoms with Crippen LogP contribution in [0.2, 0.25) is 0 Å². The van der Waals surface area contributed by atoms with Crippen molar-refractivity contribution >= 4 is 53.0 Å². The topological polar surface area (TPSA) is 113 Å². The number of anilines is 3. The Morgan fingerprint density at radius 2 is 1.38 bits per heavy atom. The van der Waals surface area contributed by atoms with Gasteiger partial charge in [0.1, 0.15) is 0 Å². The number of aliphatic carboxylic acids is 1. The lowest BCUT2D eigenvalue weighted by molar-refractivity contribution is -0.136. The van der Waals surface area contributed by atoms with Crippen LogP contribution in [0.1, 0.15) is 39.5 Å². The first kappa shape index (κ1) is 29.5. The summed E-state index contributed by atoms with van der Waals surface area (Å²) in [4.78, 5) is 49.3. The Morgan fingerprint density at radius 3 is 1.98 bits per heavy atom. The van der Waals surface area contributed by atoms with E-state index in [1.807, 2.05) is 54.6 Å². The van der Waals surface area contributed by atoms with Crippen molar-refractivity contribution in [3.63, 3.8) is 0 Å². The zero-order valence-electron chi connectivity index (χ0n) is 23.2. The molecular formula is C34H30N2O6. The Morgan fingerprint density at radius 1 is 0.762 bits per heavy atom. The van der Waals surface area contributed by atoms with Crippen LogP contribution in [0.15, 0.2) is 97.1 Å². The number of amides is 2. The summed E-state index contributed by atoms with van der Waals surface area (Å²) >= 11 is 0. The van der Waals surface area contributed by atoms with Crippen LogP contribution in [0.4, 0.5) is 17.1 Å². The highest BCUT2D eigenvalue weighted by Gasteiger charge is 2.16. The number of benzene rings is 4. The second-order valence-electron chi connectivity index (χ2n) is 9.56. The minimum absolute atomic E-state index is 0.0226. The number of nitrogens with one attached hydrogen (secondary N) is 1. The molecule has 0 saturated heterocycles. The average molecular weight is 563 g/mol. The van der Waals surface area contributed by atoms with Crippen LogP contribution in [-0.4, -0.2) is 36.0 Å². The Labute approximate surface area is 243 Å². The molecular weight excluding hydrogens is 532 g/mol. The van der Waals surface area contributed by atoms with Gasteiger partial charge in [0.05, 0.1) is 25.5 Å². The quantitative estimate of drug-likeness (QED) is 0.177. The molecule has 4 aromatic carbocycles. The number of hydrogen-bond donors (Lipinski definition) is 2. The van der Waals surface area contributed by atoms with E-state index in [0.717, 1.165) is 22.3 Å². The lowest BCUT2D eigenvalue weighted by atomic mass is 10.1. The van der Waals surface area contributed by atoms with E-state index in [-0.39, 0.29) is 24.7 Å². The third-order valence-corrected chi connectivity index (χ3v) is 6.39. The van der Waals surface area contributed by atoms with E-state index >= 15 is 0 Å². The van der Waals surface area contributed by atoms with Gasteiger partial charge in [-0.15, -0.1) is 0 Å². The van der Waals surface area contributed by atoms with E-state index in [4.69, 9.17) is 9.84 Å². The molecule has 212 valence electrons. The van der Waals surface area contributed by atoms with Crippen LogP contribution in [0.25, 0.3) is 12.2 Å². The Balaban J connectivity index is 1.35. The van der Waals surface area contributed by atoms with Crippen LogP contribution < -0.4 is 10.2 Å². The van der Waals surface area contributed by atoms with Crippen LogP contribution in [0.5, 0.6) is 0 Å². The number of carbonyl (C=O) groups excluding carboxylic acids is 3. The number of nitrogens with zero attached hydrogens (tertiary/aromatic N) is 1. The van der Waals surface area contributed by atoms with Gasteiger partial charge in [-0.3, -0.25) is 19.3 Å². The molecule has 0 unspecified atom stereocenters. The lowest BCUT2D eigenvalue weighted by Crippen LogP contribution is -2.22. The van der Waals surface area contributed by atoms with Crippen molar-refractivity contribution < 1.29 is 29.0 Å². The van der Waals surface area contributed by atoms with Crippen molar-refractivity contribution in [3.8, 4) is 0 Å². The van der Waals surface area contributed by atoms with Crippen molar-refractivity contribution in [2.24, 2.45) is 0 Å². The normalized spacial score (nSPS) is 10.7. The first-order chi connectivity index (χ1) is 20.2. The molecule has 0 heterocycles. The van der Waals surface area contributed by atoms with E-state index in [0.29, 0.717) is 22.6 Å². The summed E-state index contributed by atoms with van der Waals surface area (Å²) in [6, 6.07) is 28.5. The summed E-state index contributed by atoms with van der Waals surface area (Å²) in [5.41, 5.74) is 5.64. The van der Waals surface area contributed by atoms with Gasteiger partial charge in [-0.1, -0.05) is 60.7 Å². The molecule has 8 heteroatoms. The van der Waals surface area contributed by atoms with E-state index in [9.17, 15) is 19.2 Å². The number of rotatable bonds is 10. The molecule has 0 aromatic heterocycles. The Bertz CT molecular complexity index is 1610. The minimum Gasteiger partial charge on any atom is -0.481 e. The summed E-state index contributed by atoms with van der Waals surface area (Å²) in [6.07, 6.45) is 3.96. The maximum atomic E-state index is 12.7. The fourth-order valence-corrected chi connectivity index (χ4v) is 4.38. The van der Waals surface area contributed by atoms with E-state index < -0.39 is 11.9 Å². The number of methoxy groups -OCH3 is 1. The highest BCUT2D eigenvalue weighted by molar-refractivity contribution is 6.00. The SMILES string of the molecule is COC(=O)c1ccc(N(C(C)=O)c2ccc(CC(=O)Nc3ccc(C=Cc4cccc(CC(=O)O)c4)cc3)cc2)cc1. The third kappa shape index (κ3) is 8.02. The second-order valence-corrected chi connectivity index (χ2v) is 9.56. The summed E-state index contributed by atoms with van der Waals surface area (Å²) < 4.78 is 4.72. The van der Waals surface area contributed by atoms with Crippen molar-refractivity contribution in [1.29, 1.82) is 0 Å². The summed E-state index contributed by atoms with van der Waals surface area (Å²) in [5, 5.41) is 11.9. The molecule has 0 aliphatic rings. The van der Waals surface area contributed by atoms with Crippen LogP contribution in [0, 0.1) is 0 Å². The van der Waals surface area contributed by atoms with Gasteiger partial charge in [-0.25, -0.2) is 4.79 Å². The molecule has 0 aliphatic heterocycles. The van der Waals surface area contributed by atoms with Crippen molar-refractivity contribution in [2.45, 2.75) is 19.8 Å². The van der Waals surface area contributed by atoms with Crippen LogP contribution >= 0.6 is 0 Å². The molecule has 2 amide bonds. The van der Waals surface area contributed by atoms with Gasteiger partial charge in [-0.05, 0) is 70.8 Å². The first-order valence-electron chi connectivity index (χ1n) is 13.2. The Hall–Kier alpha value is -5.50. The van der Waals surface area contributed by atoms with Crippen LogP contribution in [-0.2, 0) is 32.0 Å². The molecule has 4 aromatic rings. The summed E-state index contributed by atoms with van der Waals surface area (Å²) in [5.74, 6) is -1.70. The zero-order chi connectivity index (χ0) is 30.1. The van der Waals surface area contributed by atoms with Gasteiger partial charge in [-0.2, -0.15) is 0 Å².